The van der Waals surface area contributed by atoms with Crippen molar-refractivity contribution in [3.05, 3.63) is 166 Å². The molecule has 0 aliphatic carbocycles. The summed E-state index contributed by atoms with van der Waals surface area (Å²) in [7, 11) is 0. The monoisotopic (exact) mass is 697 g/mol. The van der Waals surface area contributed by atoms with Crippen LogP contribution in [0.2, 0.25) is 15.1 Å². The molecule has 1 aliphatic rings. The van der Waals surface area contributed by atoms with Gasteiger partial charge in [-0.05, 0) is 54.5 Å². The van der Waals surface area contributed by atoms with Gasteiger partial charge in [0.15, 0.2) is 4.80 Å². The van der Waals surface area contributed by atoms with E-state index < -0.39 is 12.0 Å². The van der Waals surface area contributed by atoms with Crippen LogP contribution < -0.4 is 14.9 Å². The maximum absolute atomic E-state index is 14.4. The average Bonchev–Trinajstić information content (AvgIpc) is 3.59. The van der Waals surface area contributed by atoms with Gasteiger partial charge in [0, 0.05) is 39.8 Å². The molecule has 0 fully saturated rings. The molecule has 0 saturated heterocycles. The van der Waals surface area contributed by atoms with Gasteiger partial charge in [0.1, 0.15) is 0 Å². The molecule has 0 N–H and O–H groups in total. The number of thiazole rings is 1. The van der Waals surface area contributed by atoms with Gasteiger partial charge in [0.25, 0.3) is 5.56 Å². The van der Waals surface area contributed by atoms with Crippen molar-refractivity contribution in [2.24, 2.45) is 4.99 Å². The van der Waals surface area contributed by atoms with E-state index >= 15 is 0 Å². The molecule has 0 saturated carbocycles. The molecule has 0 unspecified atom stereocenters. The molecule has 10 heteroatoms. The number of carbonyl (C=O) groups excluding carboxylic acids is 1. The second-order valence-corrected chi connectivity index (χ2v) is 13.2. The number of hydrogen-bond donors (Lipinski definition) is 0. The number of esters is 1. The third-order valence-electron chi connectivity index (χ3n) is 8.00. The molecule has 47 heavy (non-hydrogen) atoms. The van der Waals surface area contributed by atoms with Crippen LogP contribution in [0.3, 0.4) is 0 Å². The van der Waals surface area contributed by atoms with Gasteiger partial charge in [-0.25, -0.2) is 9.79 Å². The van der Waals surface area contributed by atoms with Crippen molar-refractivity contribution in [2.75, 3.05) is 6.61 Å². The van der Waals surface area contributed by atoms with E-state index in [-0.39, 0.29) is 17.7 Å². The third kappa shape index (κ3) is 5.96. The van der Waals surface area contributed by atoms with Crippen molar-refractivity contribution in [3.63, 3.8) is 0 Å². The van der Waals surface area contributed by atoms with E-state index in [1.807, 2.05) is 91.1 Å². The molecule has 3 heterocycles. The minimum absolute atomic E-state index is 0.175. The van der Waals surface area contributed by atoms with E-state index in [9.17, 15) is 9.59 Å². The number of carbonyl (C=O) groups is 1. The van der Waals surface area contributed by atoms with Crippen LogP contribution in [0.4, 0.5) is 0 Å². The van der Waals surface area contributed by atoms with E-state index in [2.05, 4.69) is 4.57 Å². The van der Waals surface area contributed by atoms with Gasteiger partial charge in [-0.1, -0.05) is 113 Å². The Labute approximate surface area is 289 Å². The molecule has 234 valence electrons. The summed E-state index contributed by atoms with van der Waals surface area (Å²) in [6, 6.07) is 29.5. The Morgan fingerprint density at radius 3 is 2.43 bits per heavy atom. The number of hydrogen-bond acceptors (Lipinski definition) is 5. The molecular formula is C37H26Cl3N3O3S. The normalized spacial score (nSPS) is 14.7. The predicted molar refractivity (Wildman–Crippen MR) is 190 cm³/mol. The van der Waals surface area contributed by atoms with Crippen LogP contribution in [0.1, 0.15) is 35.2 Å². The molecule has 0 amide bonds. The average molecular weight is 699 g/mol. The highest BCUT2D eigenvalue weighted by atomic mass is 35.5. The lowest BCUT2D eigenvalue weighted by Crippen LogP contribution is -2.40. The lowest BCUT2D eigenvalue weighted by atomic mass is 9.93. The highest BCUT2D eigenvalue weighted by Gasteiger charge is 2.35. The highest BCUT2D eigenvalue weighted by Crippen LogP contribution is 2.35. The molecule has 6 aromatic rings. The Kier molecular flexibility index (Phi) is 8.64. The number of nitrogens with zero attached hydrogens (tertiary/aromatic N) is 3. The quantitative estimate of drug-likeness (QED) is 0.159. The lowest BCUT2D eigenvalue weighted by Gasteiger charge is -2.25. The zero-order valence-electron chi connectivity index (χ0n) is 25.0. The molecule has 0 radical (unpaired) electrons. The van der Waals surface area contributed by atoms with Crippen LogP contribution in [-0.2, 0) is 16.1 Å². The van der Waals surface area contributed by atoms with Crippen LogP contribution in [-0.4, -0.2) is 21.7 Å². The maximum Gasteiger partial charge on any atom is 0.338 e. The Hall–Kier alpha value is -4.40. The number of rotatable bonds is 7. The SMILES string of the molecule is CCOC(=O)C1=C(c2ccccc2)N=c2s/c(=C/c3cn(Cc4ccc(Cl)c(Cl)c4)c4ccccc34)c(=O)n2[C@@H]1c1ccc(Cl)cc1. The molecule has 4 aromatic carbocycles. The standard InChI is InChI=1S/C37H26Cl3N3O3S/c1-2-46-36(45)32-33(23-8-4-3-5-9-23)41-37-43(34(32)24-13-15-26(38)16-14-24)35(44)31(47-37)19-25-21-42(30-11-7-6-10-27(25)30)20-22-12-17-28(39)29(40)18-22/h3-19,21,34H,2,20H2,1H3/b31-19+/t34-/m1/s1. The van der Waals surface area contributed by atoms with Crippen molar-refractivity contribution < 1.29 is 9.53 Å². The lowest BCUT2D eigenvalue weighted by molar-refractivity contribution is -0.138. The van der Waals surface area contributed by atoms with E-state index in [4.69, 9.17) is 44.5 Å². The fourth-order valence-corrected chi connectivity index (χ4v) is 7.34. The first-order chi connectivity index (χ1) is 22.8. The summed E-state index contributed by atoms with van der Waals surface area (Å²) in [4.78, 5) is 33.5. The molecule has 6 nitrogen and oxygen atoms in total. The number of halogens is 3. The van der Waals surface area contributed by atoms with Crippen molar-refractivity contribution in [1.29, 1.82) is 0 Å². The fraction of sp³-hybridized carbons (Fsp3) is 0.108. The fourth-order valence-electron chi connectivity index (χ4n) is 5.90. The summed E-state index contributed by atoms with van der Waals surface area (Å²) in [5.74, 6) is -0.533. The molecule has 0 spiro atoms. The number of para-hydroxylation sites is 1. The summed E-state index contributed by atoms with van der Waals surface area (Å²) in [5.41, 5.74) is 4.84. The molecule has 1 aliphatic heterocycles. The Balaban J connectivity index is 1.44. The highest BCUT2D eigenvalue weighted by molar-refractivity contribution is 7.07. The summed E-state index contributed by atoms with van der Waals surface area (Å²) in [5, 5.41) is 2.53. The summed E-state index contributed by atoms with van der Waals surface area (Å²) in [6.07, 6.45) is 3.92. The Morgan fingerprint density at radius 2 is 1.68 bits per heavy atom. The van der Waals surface area contributed by atoms with Gasteiger partial charge in [-0.15, -0.1) is 0 Å². The summed E-state index contributed by atoms with van der Waals surface area (Å²) in [6.45, 7) is 2.49. The first kappa shape index (κ1) is 31.2. The number of ether oxygens (including phenoxy) is 1. The molecule has 1 atom stereocenters. The second kappa shape index (κ2) is 13.0. The van der Waals surface area contributed by atoms with Crippen LogP contribution in [0.25, 0.3) is 22.7 Å². The minimum atomic E-state index is -0.782. The topological polar surface area (TPSA) is 65.6 Å². The van der Waals surface area contributed by atoms with Crippen molar-refractivity contribution in [2.45, 2.75) is 19.5 Å². The van der Waals surface area contributed by atoms with E-state index in [1.54, 1.807) is 29.7 Å². The zero-order valence-corrected chi connectivity index (χ0v) is 28.1. The van der Waals surface area contributed by atoms with Crippen molar-refractivity contribution in [1.82, 2.24) is 9.13 Å². The van der Waals surface area contributed by atoms with Gasteiger partial charge in [0.05, 0.1) is 38.5 Å². The molecule has 7 rings (SSSR count). The van der Waals surface area contributed by atoms with Crippen molar-refractivity contribution >= 4 is 74.8 Å². The largest absolute Gasteiger partial charge is 0.463 e. The van der Waals surface area contributed by atoms with Crippen LogP contribution in [0.15, 0.2) is 119 Å². The minimum Gasteiger partial charge on any atom is -0.463 e. The van der Waals surface area contributed by atoms with Gasteiger partial charge < -0.3 is 9.30 Å². The van der Waals surface area contributed by atoms with Crippen LogP contribution >= 0.6 is 46.1 Å². The van der Waals surface area contributed by atoms with Crippen molar-refractivity contribution in [3.8, 4) is 0 Å². The second-order valence-electron chi connectivity index (χ2n) is 11.0. The molecular weight excluding hydrogens is 673 g/mol. The van der Waals surface area contributed by atoms with Gasteiger partial charge in [-0.3, -0.25) is 9.36 Å². The first-order valence-electron chi connectivity index (χ1n) is 14.9. The molecule has 0 bridgehead atoms. The van der Waals surface area contributed by atoms with E-state index in [0.29, 0.717) is 42.2 Å². The van der Waals surface area contributed by atoms with Gasteiger partial charge in [0.2, 0.25) is 0 Å². The Bertz CT molecular complexity index is 2380. The predicted octanol–water partition coefficient (Wildman–Crippen LogP) is 7.90. The molecule has 2 aromatic heterocycles. The van der Waals surface area contributed by atoms with Gasteiger partial charge in [-0.2, -0.15) is 0 Å². The van der Waals surface area contributed by atoms with E-state index in [1.165, 1.54) is 11.3 Å². The van der Waals surface area contributed by atoms with Crippen LogP contribution in [0, 0.1) is 0 Å². The van der Waals surface area contributed by atoms with Crippen LogP contribution in [0.5, 0.6) is 0 Å². The van der Waals surface area contributed by atoms with E-state index in [0.717, 1.165) is 27.6 Å². The zero-order chi connectivity index (χ0) is 32.7. The maximum atomic E-state index is 14.4. The first-order valence-corrected chi connectivity index (χ1v) is 16.8. The van der Waals surface area contributed by atoms with Gasteiger partial charge >= 0.3 is 5.97 Å². The third-order valence-corrected chi connectivity index (χ3v) is 9.98. The number of fused-ring (bicyclic) bond motifs is 2. The summed E-state index contributed by atoms with van der Waals surface area (Å²) < 4.78 is 9.76. The Morgan fingerprint density at radius 1 is 0.936 bits per heavy atom. The number of aromatic nitrogens is 2. The number of benzene rings is 4. The smallest absolute Gasteiger partial charge is 0.338 e. The summed E-state index contributed by atoms with van der Waals surface area (Å²) >= 11 is 20.0.